The molecule has 1 aliphatic heterocycles. The van der Waals surface area contributed by atoms with Gasteiger partial charge in [-0.3, -0.25) is 4.79 Å². The predicted molar refractivity (Wildman–Crippen MR) is 83.2 cm³/mol. The Balaban J connectivity index is 1.97. The normalized spacial score (nSPS) is 19.1. The van der Waals surface area contributed by atoms with Gasteiger partial charge in [0.1, 0.15) is 0 Å². The lowest BCUT2D eigenvalue weighted by molar-refractivity contribution is 0.0943. The molecule has 110 valence electrons. The fourth-order valence-electron chi connectivity index (χ4n) is 2.65. The van der Waals surface area contributed by atoms with Gasteiger partial charge in [-0.2, -0.15) is 0 Å². The Bertz CT molecular complexity index is 487. The summed E-state index contributed by atoms with van der Waals surface area (Å²) in [5, 5.41) is 3.00. The van der Waals surface area contributed by atoms with Crippen molar-refractivity contribution >= 4 is 17.3 Å². The molecule has 20 heavy (non-hydrogen) atoms. The molecule has 1 saturated heterocycles. The quantitative estimate of drug-likeness (QED) is 0.810. The standard InChI is InChI=1S/C15H24N4O/c1-18(2)14-7-6-11(9-13(14)16)15(20)17-10-12-5-4-8-19(12)3/h6-7,9,12H,4-5,8,10,16H2,1-3H3,(H,17,20). The second-order valence-corrected chi connectivity index (χ2v) is 5.65. The van der Waals surface area contributed by atoms with Crippen LogP contribution in [0.2, 0.25) is 0 Å². The first-order valence-electron chi connectivity index (χ1n) is 7.04. The molecule has 0 aliphatic carbocycles. The van der Waals surface area contributed by atoms with E-state index in [1.165, 1.54) is 6.42 Å². The number of nitrogens with zero attached hydrogens (tertiary/aromatic N) is 2. The zero-order valence-corrected chi connectivity index (χ0v) is 12.5. The Morgan fingerprint density at radius 3 is 2.80 bits per heavy atom. The van der Waals surface area contributed by atoms with Gasteiger partial charge in [-0.1, -0.05) is 0 Å². The van der Waals surface area contributed by atoms with Crippen LogP contribution in [0.15, 0.2) is 18.2 Å². The molecule has 1 aromatic rings. The lowest BCUT2D eigenvalue weighted by Crippen LogP contribution is -2.38. The number of rotatable bonds is 4. The van der Waals surface area contributed by atoms with Crippen LogP contribution in [0, 0.1) is 0 Å². The maximum Gasteiger partial charge on any atom is 0.251 e. The number of nitrogen functional groups attached to an aromatic ring is 1. The Morgan fingerprint density at radius 2 is 2.25 bits per heavy atom. The minimum atomic E-state index is -0.0534. The third-order valence-corrected chi connectivity index (χ3v) is 3.94. The molecule has 0 aromatic heterocycles. The van der Waals surface area contributed by atoms with Gasteiger partial charge < -0.3 is 20.9 Å². The van der Waals surface area contributed by atoms with Gasteiger partial charge in [0, 0.05) is 32.2 Å². The van der Waals surface area contributed by atoms with Gasteiger partial charge in [0.2, 0.25) is 0 Å². The molecule has 1 aliphatic rings. The first-order valence-corrected chi connectivity index (χ1v) is 7.04. The van der Waals surface area contributed by atoms with Gasteiger partial charge >= 0.3 is 0 Å². The molecule has 1 aromatic carbocycles. The number of benzene rings is 1. The van der Waals surface area contributed by atoms with Crippen LogP contribution in [-0.4, -0.2) is 51.1 Å². The highest BCUT2D eigenvalue weighted by molar-refractivity contribution is 5.96. The summed E-state index contributed by atoms with van der Waals surface area (Å²) in [5.74, 6) is -0.0534. The molecule has 3 N–H and O–H groups in total. The summed E-state index contributed by atoms with van der Waals surface area (Å²) in [6.07, 6.45) is 2.36. The molecule has 1 fully saturated rings. The van der Waals surface area contributed by atoms with Crippen molar-refractivity contribution in [3.8, 4) is 0 Å². The monoisotopic (exact) mass is 276 g/mol. The van der Waals surface area contributed by atoms with E-state index in [0.29, 0.717) is 23.8 Å². The molecule has 1 atom stereocenters. The first kappa shape index (κ1) is 14.7. The van der Waals surface area contributed by atoms with Crippen molar-refractivity contribution in [1.82, 2.24) is 10.2 Å². The smallest absolute Gasteiger partial charge is 0.251 e. The number of hydrogen-bond acceptors (Lipinski definition) is 4. The molecule has 1 amide bonds. The molecule has 2 rings (SSSR count). The molecular weight excluding hydrogens is 252 g/mol. The van der Waals surface area contributed by atoms with Gasteiger partial charge in [0.15, 0.2) is 0 Å². The van der Waals surface area contributed by atoms with Crippen LogP contribution in [0.25, 0.3) is 0 Å². The van der Waals surface area contributed by atoms with Crippen LogP contribution in [0.3, 0.4) is 0 Å². The second kappa shape index (κ2) is 6.13. The van der Waals surface area contributed by atoms with E-state index in [1.54, 1.807) is 6.07 Å². The maximum atomic E-state index is 12.1. The van der Waals surface area contributed by atoms with Gasteiger partial charge in [0.25, 0.3) is 5.91 Å². The zero-order chi connectivity index (χ0) is 14.7. The topological polar surface area (TPSA) is 61.6 Å². The minimum Gasteiger partial charge on any atom is -0.397 e. The highest BCUT2D eigenvalue weighted by atomic mass is 16.1. The third kappa shape index (κ3) is 3.22. The van der Waals surface area contributed by atoms with E-state index in [2.05, 4.69) is 17.3 Å². The number of likely N-dealkylation sites (tertiary alicyclic amines) is 1. The number of nitrogens with one attached hydrogen (secondary N) is 1. The lowest BCUT2D eigenvalue weighted by atomic mass is 10.1. The van der Waals surface area contributed by atoms with Gasteiger partial charge in [0.05, 0.1) is 11.4 Å². The molecule has 0 spiro atoms. The highest BCUT2D eigenvalue weighted by Crippen LogP contribution is 2.22. The molecule has 5 heteroatoms. The van der Waals surface area contributed by atoms with Crippen LogP contribution >= 0.6 is 0 Å². The van der Waals surface area contributed by atoms with Crippen molar-refractivity contribution in [2.75, 3.05) is 44.9 Å². The van der Waals surface area contributed by atoms with Gasteiger partial charge in [-0.25, -0.2) is 0 Å². The van der Waals surface area contributed by atoms with E-state index in [1.807, 2.05) is 31.1 Å². The predicted octanol–water partition coefficient (Wildman–Crippen LogP) is 1.16. The van der Waals surface area contributed by atoms with E-state index in [-0.39, 0.29) is 5.91 Å². The molecule has 1 unspecified atom stereocenters. The van der Waals surface area contributed by atoms with Crippen molar-refractivity contribution < 1.29 is 4.79 Å². The van der Waals surface area contributed by atoms with Crippen LogP contribution in [0.4, 0.5) is 11.4 Å². The Morgan fingerprint density at radius 1 is 1.50 bits per heavy atom. The van der Waals surface area contributed by atoms with Crippen molar-refractivity contribution in [2.45, 2.75) is 18.9 Å². The molecular formula is C15H24N4O. The van der Waals surface area contributed by atoms with Gasteiger partial charge in [-0.15, -0.1) is 0 Å². The number of amides is 1. The summed E-state index contributed by atoms with van der Waals surface area (Å²) < 4.78 is 0. The highest BCUT2D eigenvalue weighted by Gasteiger charge is 2.21. The Hall–Kier alpha value is -1.75. The van der Waals surface area contributed by atoms with E-state index in [9.17, 15) is 4.79 Å². The second-order valence-electron chi connectivity index (χ2n) is 5.65. The molecule has 0 saturated carbocycles. The lowest BCUT2D eigenvalue weighted by Gasteiger charge is -2.20. The molecule has 1 heterocycles. The summed E-state index contributed by atoms with van der Waals surface area (Å²) >= 11 is 0. The van der Waals surface area contributed by atoms with Crippen LogP contribution in [0.1, 0.15) is 23.2 Å². The number of hydrogen-bond donors (Lipinski definition) is 2. The molecule has 0 radical (unpaired) electrons. The fourth-order valence-corrected chi connectivity index (χ4v) is 2.65. The third-order valence-electron chi connectivity index (χ3n) is 3.94. The number of anilines is 2. The molecule has 0 bridgehead atoms. The van der Waals surface area contributed by atoms with E-state index in [4.69, 9.17) is 5.73 Å². The first-order chi connectivity index (χ1) is 9.49. The minimum absolute atomic E-state index is 0.0534. The van der Waals surface area contributed by atoms with E-state index >= 15 is 0 Å². The average Bonchev–Trinajstić information content (AvgIpc) is 2.81. The largest absolute Gasteiger partial charge is 0.397 e. The maximum absolute atomic E-state index is 12.1. The van der Waals surface area contributed by atoms with Crippen LogP contribution in [-0.2, 0) is 0 Å². The zero-order valence-electron chi connectivity index (χ0n) is 12.5. The Kier molecular flexibility index (Phi) is 4.49. The van der Waals surface area contributed by atoms with Gasteiger partial charge in [-0.05, 0) is 44.6 Å². The van der Waals surface area contributed by atoms with Crippen molar-refractivity contribution in [1.29, 1.82) is 0 Å². The van der Waals surface area contributed by atoms with Crippen molar-refractivity contribution in [3.05, 3.63) is 23.8 Å². The van der Waals surface area contributed by atoms with Crippen molar-refractivity contribution in [3.63, 3.8) is 0 Å². The summed E-state index contributed by atoms with van der Waals surface area (Å²) in [5.41, 5.74) is 8.14. The fraction of sp³-hybridized carbons (Fsp3) is 0.533. The number of likely N-dealkylation sites (N-methyl/N-ethyl adjacent to an activating group) is 1. The molecule has 5 nitrogen and oxygen atoms in total. The number of nitrogens with two attached hydrogens (primary N) is 1. The number of carbonyl (C=O) groups excluding carboxylic acids is 1. The summed E-state index contributed by atoms with van der Waals surface area (Å²) in [6.45, 7) is 1.82. The summed E-state index contributed by atoms with van der Waals surface area (Å²) in [7, 11) is 5.97. The van der Waals surface area contributed by atoms with Crippen LogP contribution < -0.4 is 16.0 Å². The number of carbonyl (C=O) groups is 1. The van der Waals surface area contributed by atoms with Crippen molar-refractivity contribution in [2.24, 2.45) is 0 Å². The van der Waals surface area contributed by atoms with E-state index in [0.717, 1.165) is 18.7 Å². The Labute approximate surface area is 120 Å². The summed E-state index contributed by atoms with van der Waals surface area (Å²) in [4.78, 5) is 16.4. The SMILES string of the molecule is CN(C)c1ccc(C(=O)NCC2CCCN2C)cc1N. The van der Waals surface area contributed by atoms with Crippen LogP contribution in [0.5, 0.6) is 0 Å². The summed E-state index contributed by atoms with van der Waals surface area (Å²) in [6, 6.07) is 5.89. The average molecular weight is 276 g/mol. The van der Waals surface area contributed by atoms with E-state index < -0.39 is 0 Å².